The zero-order valence-corrected chi connectivity index (χ0v) is 6.50. The van der Waals surface area contributed by atoms with E-state index in [0.717, 1.165) is 0 Å². The van der Waals surface area contributed by atoms with Crippen molar-refractivity contribution in [2.75, 3.05) is 0 Å². The van der Waals surface area contributed by atoms with E-state index in [2.05, 4.69) is 0 Å². The second kappa shape index (κ2) is 3.90. The zero-order valence-electron chi connectivity index (χ0n) is 4.86. The average molecular weight is 203 g/mol. The summed E-state index contributed by atoms with van der Waals surface area (Å²) < 4.78 is 0.154. The van der Waals surface area contributed by atoms with Gasteiger partial charge in [-0.1, -0.05) is 0 Å². The van der Waals surface area contributed by atoms with E-state index in [-0.39, 0.29) is 27.3 Å². The molecule has 0 radical (unpaired) electrons. The van der Waals surface area contributed by atoms with Crippen LogP contribution in [0.5, 0.6) is 0 Å². The monoisotopic (exact) mass is 203 g/mol. The second-order valence-electron chi connectivity index (χ2n) is 1.38. The maximum atomic E-state index is 10.2. The predicted molar refractivity (Wildman–Crippen MR) is 26.2 cm³/mol. The molecular formula is C5H8O2Rh. The molecule has 0 atom stereocenters. The second-order valence-corrected chi connectivity index (χ2v) is 3.69. The van der Waals surface area contributed by atoms with Crippen LogP contribution in [-0.4, -0.2) is 10.2 Å². The molecular weight excluding hydrogens is 195 g/mol. The fourth-order valence-electron chi connectivity index (χ4n) is 0.166. The van der Waals surface area contributed by atoms with Gasteiger partial charge in [-0.25, -0.2) is 0 Å². The summed E-state index contributed by atoms with van der Waals surface area (Å²) in [5.74, 6) is 0.115. The number of hydrogen-bond acceptors (Lipinski definition) is 2. The standard InChI is InChI=1S/C3H5O.C2H3O.Rh/c1-3(2)4;1-2-3;/h1H2,2H3;1H3;. The first-order valence-electron chi connectivity index (χ1n) is 2.16. The molecule has 0 heterocycles. The molecule has 0 aliphatic rings. The van der Waals surface area contributed by atoms with Crippen LogP contribution in [0.15, 0.2) is 0 Å². The van der Waals surface area contributed by atoms with E-state index in [1.807, 2.05) is 0 Å². The van der Waals surface area contributed by atoms with Crippen LogP contribution in [0.4, 0.5) is 0 Å². The Morgan fingerprint density at radius 2 is 1.88 bits per heavy atom. The quantitative estimate of drug-likeness (QED) is 0.630. The van der Waals surface area contributed by atoms with Gasteiger partial charge >= 0.3 is 55.7 Å². The van der Waals surface area contributed by atoms with Crippen LogP contribution >= 0.6 is 0 Å². The molecule has 0 saturated heterocycles. The number of rotatable bonds is 3. The molecule has 0 spiro atoms. The molecule has 0 rings (SSSR count). The van der Waals surface area contributed by atoms with E-state index in [9.17, 15) is 9.59 Å². The van der Waals surface area contributed by atoms with Gasteiger partial charge in [-0.05, 0) is 0 Å². The van der Waals surface area contributed by atoms with Gasteiger partial charge in [0.25, 0.3) is 0 Å². The van der Waals surface area contributed by atoms with Gasteiger partial charge in [-0.3, -0.25) is 0 Å². The summed E-state index contributed by atoms with van der Waals surface area (Å²) in [6, 6.07) is 0. The molecule has 0 N–H and O–H groups in total. The molecule has 2 nitrogen and oxygen atoms in total. The first-order chi connectivity index (χ1) is 3.63. The summed E-state index contributed by atoms with van der Waals surface area (Å²) in [7, 11) is 0. The Morgan fingerprint density at radius 3 is 2.00 bits per heavy atom. The molecule has 0 aromatic heterocycles. The van der Waals surface area contributed by atoms with Crippen molar-refractivity contribution in [3.63, 3.8) is 0 Å². The number of Topliss-reactive ketones (excluding diaryl/α,β-unsaturated/α-hetero) is 1. The van der Waals surface area contributed by atoms with Gasteiger partial charge in [0.05, 0.1) is 0 Å². The molecule has 8 heavy (non-hydrogen) atoms. The van der Waals surface area contributed by atoms with Gasteiger partial charge in [0.15, 0.2) is 0 Å². The van der Waals surface area contributed by atoms with Crippen molar-refractivity contribution >= 4 is 10.2 Å². The Hall–Kier alpha value is -0.0366. The van der Waals surface area contributed by atoms with Crippen LogP contribution in [0.2, 0.25) is 5.02 Å². The summed E-state index contributed by atoms with van der Waals surface area (Å²) in [6.45, 7) is 3.03. The van der Waals surface area contributed by atoms with Crippen LogP contribution < -0.4 is 0 Å². The van der Waals surface area contributed by atoms with Crippen molar-refractivity contribution in [1.29, 1.82) is 0 Å². The Balaban J connectivity index is 3.18. The first kappa shape index (κ1) is 7.96. The topological polar surface area (TPSA) is 34.1 Å². The summed E-state index contributed by atoms with van der Waals surface area (Å²) in [6.07, 6.45) is 0. The van der Waals surface area contributed by atoms with Crippen LogP contribution in [-0.2, 0) is 26.7 Å². The summed E-state index contributed by atoms with van der Waals surface area (Å²) in [5.41, 5.74) is 0. The predicted octanol–water partition coefficient (Wildman–Crippen LogP) is 0.623. The van der Waals surface area contributed by atoms with E-state index >= 15 is 0 Å². The van der Waals surface area contributed by atoms with Crippen molar-refractivity contribution in [2.24, 2.45) is 0 Å². The Labute approximate surface area is 56.2 Å². The van der Waals surface area contributed by atoms with Crippen LogP contribution in [0.3, 0.4) is 0 Å². The maximum absolute atomic E-state index is 10.2. The van der Waals surface area contributed by atoms with E-state index in [4.69, 9.17) is 0 Å². The molecule has 3 heteroatoms. The molecule has 0 fully saturated rings. The SMILES string of the molecule is CC(=O)[CH2][Rh][C](C)=O. The van der Waals surface area contributed by atoms with Gasteiger partial charge in [-0.2, -0.15) is 0 Å². The van der Waals surface area contributed by atoms with Gasteiger partial charge < -0.3 is 0 Å². The van der Waals surface area contributed by atoms with E-state index in [0.29, 0.717) is 5.02 Å². The molecule has 0 amide bonds. The third kappa shape index (κ3) is 5.96. The van der Waals surface area contributed by atoms with Crippen molar-refractivity contribution in [3.8, 4) is 0 Å². The van der Waals surface area contributed by atoms with Crippen LogP contribution in [0.25, 0.3) is 0 Å². The van der Waals surface area contributed by atoms with Crippen molar-refractivity contribution in [2.45, 2.75) is 18.9 Å². The Kier molecular flexibility index (Phi) is 3.89. The van der Waals surface area contributed by atoms with Gasteiger partial charge in [-0.15, -0.1) is 0 Å². The fraction of sp³-hybridized carbons (Fsp3) is 0.600. The van der Waals surface area contributed by atoms with Gasteiger partial charge in [0.1, 0.15) is 0 Å². The molecule has 0 unspecified atom stereocenters. The summed E-state index contributed by atoms with van der Waals surface area (Å²) in [5, 5.41) is 0.468. The summed E-state index contributed by atoms with van der Waals surface area (Å²) >= 11 is -0.150. The van der Waals surface area contributed by atoms with Crippen LogP contribution in [0.1, 0.15) is 13.8 Å². The zero-order chi connectivity index (χ0) is 6.57. The van der Waals surface area contributed by atoms with Crippen molar-refractivity contribution in [3.05, 3.63) is 0 Å². The Bertz CT molecular complexity index is 95.0. The normalized spacial score (nSPS) is 9.25. The molecule has 0 saturated carbocycles. The number of hydrogen-bond donors (Lipinski definition) is 0. The minimum atomic E-state index is -0.150. The van der Waals surface area contributed by atoms with Crippen molar-refractivity contribution < 1.29 is 26.7 Å². The van der Waals surface area contributed by atoms with E-state index in [1.54, 1.807) is 0 Å². The van der Waals surface area contributed by atoms with Gasteiger partial charge in [0, 0.05) is 0 Å². The molecule has 49 valence electrons. The van der Waals surface area contributed by atoms with E-state index in [1.165, 1.54) is 13.8 Å². The number of ketones is 1. The van der Waals surface area contributed by atoms with Crippen molar-refractivity contribution in [1.82, 2.24) is 0 Å². The molecule has 0 aromatic carbocycles. The third-order valence-corrected chi connectivity index (χ3v) is 2.31. The number of carbonyl (C=O) groups is 2. The summed E-state index contributed by atoms with van der Waals surface area (Å²) in [4.78, 5) is 20.4. The minimum absolute atomic E-state index is 0.115. The van der Waals surface area contributed by atoms with Gasteiger partial charge in [0.2, 0.25) is 0 Å². The molecule has 0 bridgehead atoms. The van der Waals surface area contributed by atoms with E-state index < -0.39 is 0 Å². The third-order valence-electron chi connectivity index (χ3n) is 0.391. The Morgan fingerprint density at radius 1 is 1.38 bits per heavy atom. The molecule has 0 aliphatic carbocycles. The average Bonchev–Trinajstić information content (AvgIpc) is 1.61. The molecule has 0 aromatic rings. The molecule has 0 aliphatic heterocycles. The first-order valence-corrected chi connectivity index (χ1v) is 4.14. The number of carbonyl (C=O) groups excluding carboxylic acids is 2. The van der Waals surface area contributed by atoms with Crippen LogP contribution in [0, 0.1) is 0 Å². The fourth-order valence-corrected chi connectivity index (χ4v) is 0.982.